The van der Waals surface area contributed by atoms with Crippen molar-refractivity contribution in [3.05, 3.63) is 41.2 Å². The first kappa shape index (κ1) is 25.3. The van der Waals surface area contributed by atoms with Gasteiger partial charge >= 0.3 is 12.1 Å². The standard InChI is InChI=1S/C28H33F4NO3/c1-15-3-8-21(9-4-15)36-25-10-5-17-13-24(29)22(14-23(17)26(25)28(30,31)32)16(2)33-19-6-7-20(33)12-18(11-19)27(34)35/h5,10,13-16,18-21H,3-4,6-9,11-12H2,1-2H3,(H,34,35)/t15-,16?,18?,19?,20?,21+. The van der Waals surface area contributed by atoms with Crippen molar-refractivity contribution in [3.8, 4) is 5.75 Å². The maximum Gasteiger partial charge on any atom is 0.420 e. The summed E-state index contributed by atoms with van der Waals surface area (Å²) >= 11 is 0. The van der Waals surface area contributed by atoms with Gasteiger partial charge in [0.1, 0.15) is 17.1 Å². The summed E-state index contributed by atoms with van der Waals surface area (Å²) in [7, 11) is 0. The molecule has 2 bridgehead atoms. The average molecular weight is 508 g/mol. The van der Waals surface area contributed by atoms with Crippen LogP contribution < -0.4 is 4.74 Å². The maximum atomic E-state index is 15.3. The Morgan fingerprint density at radius 3 is 2.28 bits per heavy atom. The van der Waals surface area contributed by atoms with E-state index in [-0.39, 0.29) is 40.3 Å². The van der Waals surface area contributed by atoms with Gasteiger partial charge in [0.15, 0.2) is 0 Å². The molecule has 2 aliphatic heterocycles. The van der Waals surface area contributed by atoms with Gasteiger partial charge < -0.3 is 9.84 Å². The fourth-order valence-corrected chi connectivity index (χ4v) is 6.79. The van der Waals surface area contributed by atoms with Crippen molar-refractivity contribution < 1.29 is 32.2 Å². The molecule has 2 aromatic rings. The van der Waals surface area contributed by atoms with Crippen LogP contribution in [0.5, 0.6) is 5.75 Å². The molecule has 3 aliphatic rings. The minimum atomic E-state index is -4.66. The van der Waals surface area contributed by atoms with Crippen molar-refractivity contribution >= 4 is 16.7 Å². The highest BCUT2D eigenvalue weighted by Crippen LogP contribution is 2.47. The Morgan fingerprint density at radius 1 is 1.06 bits per heavy atom. The van der Waals surface area contributed by atoms with Gasteiger partial charge in [-0.25, -0.2) is 4.39 Å². The van der Waals surface area contributed by atoms with E-state index >= 15 is 4.39 Å². The minimum Gasteiger partial charge on any atom is -0.490 e. The van der Waals surface area contributed by atoms with Crippen LogP contribution in [0.3, 0.4) is 0 Å². The van der Waals surface area contributed by atoms with Crippen molar-refractivity contribution in [1.82, 2.24) is 4.90 Å². The van der Waals surface area contributed by atoms with Gasteiger partial charge in [-0.1, -0.05) is 13.0 Å². The second-order valence-corrected chi connectivity index (χ2v) is 11.0. The monoisotopic (exact) mass is 507 g/mol. The highest BCUT2D eigenvalue weighted by atomic mass is 19.4. The van der Waals surface area contributed by atoms with Crippen LogP contribution in [-0.4, -0.2) is 34.2 Å². The van der Waals surface area contributed by atoms with Gasteiger partial charge in [-0.2, -0.15) is 13.2 Å². The lowest BCUT2D eigenvalue weighted by Gasteiger charge is -2.41. The average Bonchev–Trinajstić information content (AvgIpc) is 3.07. The first-order valence-electron chi connectivity index (χ1n) is 13.0. The molecule has 3 fully saturated rings. The summed E-state index contributed by atoms with van der Waals surface area (Å²) in [5.74, 6) is -1.43. The normalized spacial score (nSPS) is 29.9. The smallest absolute Gasteiger partial charge is 0.420 e. The highest BCUT2D eigenvalue weighted by Gasteiger charge is 2.45. The van der Waals surface area contributed by atoms with Gasteiger partial charge in [-0.3, -0.25) is 9.69 Å². The van der Waals surface area contributed by atoms with Crippen LogP contribution in [0.15, 0.2) is 24.3 Å². The molecule has 3 unspecified atom stereocenters. The molecule has 4 nitrogen and oxygen atoms in total. The SMILES string of the molecule is CC(c1cc2c(C(F)(F)F)c(O[C@H]3CC[C@@H](C)CC3)ccc2cc1F)N1C2CCC1CC(C(=O)O)C2. The number of aliphatic carboxylic acids is 1. The van der Waals surface area contributed by atoms with E-state index in [9.17, 15) is 23.1 Å². The van der Waals surface area contributed by atoms with Crippen molar-refractivity contribution in [1.29, 1.82) is 0 Å². The van der Waals surface area contributed by atoms with Crippen molar-refractivity contribution in [2.75, 3.05) is 0 Å². The van der Waals surface area contributed by atoms with E-state index in [4.69, 9.17) is 4.74 Å². The molecule has 36 heavy (non-hydrogen) atoms. The molecule has 1 aliphatic carbocycles. The van der Waals surface area contributed by atoms with Gasteiger partial charge in [-0.05, 0) is 93.2 Å². The van der Waals surface area contributed by atoms with Crippen LogP contribution in [0.4, 0.5) is 17.6 Å². The van der Waals surface area contributed by atoms with Crippen LogP contribution in [0.25, 0.3) is 10.8 Å². The van der Waals surface area contributed by atoms with E-state index in [1.54, 1.807) is 0 Å². The molecule has 0 radical (unpaired) electrons. The Morgan fingerprint density at radius 2 is 1.69 bits per heavy atom. The van der Waals surface area contributed by atoms with E-state index in [0.717, 1.165) is 38.5 Å². The van der Waals surface area contributed by atoms with Crippen LogP contribution in [-0.2, 0) is 11.0 Å². The van der Waals surface area contributed by atoms with Crippen LogP contribution in [0.2, 0.25) is 0 Å². The molecule has 2 aromatic carbocycles. The molecule has 196 valence electrons. The second kappa shape index (κ2) is 9.51. The number of benzene rings is 2. The molecule has 1 N–H and O–H groups in total. The van der Waals surface area contributed by atoms with Gasteiger partial charge in [0.05, 0.1) is 12.0 Å². The Hall–Kier alpha value is -2.35. The number of carboxylic acid groups (broad SMARTS) is 1. The molecule has 0 spiro atoms. The third-order valence-electron chi connectivity index (χ3n) is 8.67. The summed E-state index contributed by atoms with van der Waals surface area (Å²) in [6, 6.07) is 4.87. The van der Waals surface area contributed by atoms with Crippen LogP contribution >= 0.6 is 0 Å². The predicted octanol–water partition coefficient (Wildman–Crippen LogP) is 7.34. The Bertz CT molecular complexity index is 1130. The quantitative estimate of drug-likeness (QED) is 0.430. The molecular formula is C28H33F4NO3. The van der Waals surface area contributed by atoms with Gasteiger partial charge in [0.25, 0.3) is 0 Å². The molecule has 5 rings (SSSR count). The molecule has 2 saturated heterocycles. The zero-order valence-electron chi connectivity index (χ0n) is 20.7. The minimum absolute atomic E-state index is 0.0135. The number of halogens is 4. The Labute approximate surface area is 208 Å². The highest BCUT2D eigenvalue weighted by molar-refractivity contribution is 5.89. The number of piperidine rings is 1. The number of nitrogens with zero attached hydrogens (tertiary/aromatic N) is 1. The largest absolute Gasteiger partial charge is 0.490 e. The Kier molecular flexibility index (Phi) is 6.68. The van der Waals surface area contributed by atoms with E-state index in [1.165, 1.54) is 24.3 Å². The summed E-state index contributed by atoms with van der Waals surface area (Å²) in [6.07, 6.45) is 0.974. The number of alkyl halides is 3. The molecular weight excluding hydrogens is 474 g/mol. The number of carbonyl (C=O) groups is 1. The van der Waals surface area contributed by atoms with Crippen LogP contribution in [0, 0.1) is 17.7 Å². The van der Waals surface area contributed by atoms with Crippen molar-refractivity contribution in [3.63, 3.8) is 0 Å². The first-order chi connectivity index (χ1) is 17.0. The van der Waals surface area contributed by atoms with E-state index in [0.29, 0.717) is 18.8 Å². The maximum absolute atomic E-state index is 15.3. The Balaban J connectivity index is 1.51. The number of fused-ring (bicyclic) bond motifs is 3. The van der Waals surface area contributed by atoms with Gasteiger partial charge in [0, 0.05) is 23.7 Å². The summed E-state index contributed by atoms with van der Waals surface area (Å²) in [5.41, 5.74) is -0.637. The fourth-order valence-electron chi connectivity index (χ4n) is 6.79. The third-order valence-corrected chi connectivity index (χ3v) is 8.67. The molecule has 2 heterocycles. The molecule has 3 atom stereocenters. The topological polar surface area (TPSA) is 49.8 Å². The summed E-state index contributed by atoms with van der Waals surface area (Å²) < 4.78 is 64.4. The first-order valence-corrected chi connectivity index (χ1v) is 13.0. The van der Waals surface area contributed by atoms with Crippen LogP contribution in [0.1, 0.15) is 82.4 Å². The van der Waals surface area contributed by atoms with E-state index in [1.807, 2.05) is 6.92 Å². The van der Waals surface area contributed by atoms with Gasteiger partial charge in [-0.15, -0.1) is 0 Å². The molecule has 8 heteroatoms. The number of ether oxygens (including phenoxy) is 1. The lowest BCUT2D eigenvalue weighted by Crippen LogP contribution is -2.46. The second-order valence-electron chi connectivity index (χ2n) is 11.0. The summed E-state index contributed by atoms with van der Waals surface area (Å²) in [5, 5.41) is 9.60. The number of hydrogen-bond donors (Lipinski definition) is 1. The zero-order chi connectivity index (χ0) is 25.8. The van der Waals surface area contributed by atoms with Gasteiger partial charge in [0.2, 0.25) is 0 Å². The zero-order valence-corrected chi connectivity index (χ0v) is 20.7. The van der Waals surface area contributed by atoms with E-state index in [2.05, 4.69) is 11.8 Å². The van der Waals surface area contributed by atoms with Crippen molar-refractivity contribution in [2.24, 2.45) is 11.8 Å². The number of rotatable bonds is 5. The molecule has 1 saturated carbocycles. The predicted molar refractivity (Wildman–Crippen MR) is 128 cm³/mol. The summed E-state index contributed by atoms with van der Waals surface area (Å²) in [4.78, 5) is 13.7. The lowest BCUT2D eigenvalue weighted by molar-refractivity contribution is -0.144. The lowest BCUT2D eigenvalue weighted by atomic mass is 9.88. The number of hydrogen-bond acceptors (Lipinski definition) is 3. The summed E-state index contributed by atoms with van der Waals surface area (Å²) in [6.45, 7) is 3.95. The number of carboxylic acids is 1. The van der Waals surface area contributed by atoms with Crippen molar-refractivity contribution in [2.45, 2.75) is 95.6 Å². The molecule has 0 aromatic heterocycles. The molecule has 0 amide bonds. The van der Waals surface area contributed by atoms with E-state index < -0.39 is 35.5 Å². The fraction of sp³-hybridized carbons (Fsp3) is 0.607. The third kappa shape index (κ3) is 4.69.